The van der Waals surface area contributed by atoms with Gasteiger partial charge in [0.1, 0.15) is 5.67 Å². The maximum absolute atomic E-state index is 14.2. The van der Waals surface area contributed by atoms with E-state index in [4.69, 9.17) is 10.8 Å². The third kappa shape index (κ3) is 3.77. The Morgan fingerprint density at radius 2 is 1.82 bits per heavy atom. The SMILES string of the molecule is Cn1nc(C2CC2)cc1C12CCC(CN(C(=O)CC34CC(F)(C3)C4)c3cccc(/C(N)=N/O)c3)(CC1)CC2. The summed E-state index contributed by atoms with van der Waals surface area (Å²) in [5.41, 5.74) is 9.01. The molecule has 0 spiro atoms. The number of aryl methyl sites for hydroxylation is 1. The maximum atomic E-state index is 14.2. The van der Waals surface area contributed by atoms with Gasteiger partial charge in [0.05, 0.1) is 5.69 Å². The average molecular weight is 520 g/mol. The number of oxime groups is 1. The second-order valence-electron chi connectivity index (χ2n) is 13.5. The van der Waals surface area contributed by atoms with Gasteiger partial charge in [0, 0.05) is 48.3 Å². The molecule has 4 bridgehead atoms. The number of benzene rings is 1. The van der Waals surface area contributed by atoms with Crippen molar-refractivity contribution < 1.29 is 14.4 Å². The zero-order chi connectivity index (χ0) is 26.3. The van der Waals surface area contributed by atoms with Crippen molar-refractivity contribution in [2.75, 3.05) is 11.4 Å². The first-order chi connectivity index (χ1) is 18.2. The van der Waals surface area contributed by atoms with Gasteiger partial charge in [0.2, 0.25) is 5.91 Å². The fourth-order valence-electron chi connectivity index (χ4n) is 8.46. The number of amides is 1. The highest BCUT2D eigenvalue weighted by molar-refractivity contribution is 6.00. The first-order valence-corrected chi connectivity index (χ1v) is 14.3. The minimum atomic E-state index is -1.02. The Morgan fingerprint density at radius 1 is 1.13 bits per heavy atom. The number of alkyl halides is 1. The molecule has 1 heterocycles. The standard InChI is InChI=1S/C30H38FN5O2/c1-35-24(14-23(33-35)20-5-6-20)29-10-7-27(8-11-29,9-12-29)19-36(22-4-2-3-21(13-22)26(32)34-38)25(37)15-28-16-30(31,17-28)18-28/h2-4,13-14,20,38H,5-12,15-19H2,1H3,(H2,32,34). The topological polar surface area (TPSA) is 96.7 Å². The van der Waals surface area contributed by atoms with E-state index in [1.807, 2.05) is 23.1 Å². The Balaban J connectivity index is 1.13. The minimum Gasteiger partial charge on any atom is -0.409 e. The minimum absolute atomic E-state index is 0.0260. The summed E-state index contributed by atoms with van der Waals surface area (Å²) in [6.07, 6.45) is 11.1. The van der Waals surface area contributed by atoms with E-state index < -0.39 is 5.67 Å². The van der Waals surface area contributed by atoms with E-state index in [0.717, 1.165) is 44.2 Å². The molecule has 38 heavy (non-hydrogen) atoms. The van der Waals surface area contributed by atoms with Crippen molar-refractivity contribution >= 4 is 17.4 Å². The lowest BCUT2D eigenvalue weighted by molar-refractivity contribution is -0.215. The molecule has 7 aliphatic carbocycles. The molecule has 9 rings (SSSR count). The van der Waals surface area contributed by atoms with E-state index >= 15 is 0 Å². The number of anilines is 1. The van der Waals surface area contributed by atoms with Crippen LogP contribution in [0.1, 0.15) is 99.9 Å². The van der Waals surface area contributed by atoms with Crippen LogP contribution in [0.5, 0.6) is 0 Å². The highest BCUT2D eigenvalue weighted by atomic mass is 19.1. The van der Waals surface area contributed by atoms with Crippen molar-refractivity contribution in [3.63, 3.8) is 0 Å². The number of rotatable bonds is 8. The van der Waals surface area contributed by atoms with Gasteiger partial charge in [-0.1, -0.05) is 17.3 Å². The van der Waals surface area contributed by atoms with Crippen molar-refractivity contribution in [1.82, 2.24) is 9.78 Å². The number of aromatic nitrogens is 2. The monoisotopic (exact) mass is 519 g/mol. The van der Waals surface area contributed by atoms with Crippen molar-refractivity contribution in [1.29, 1.82) is 0 Å². The molecular weight excluding hydrogens is 481 g/mol. The van der Waals surface area contributed by atoms with E-state index in [2.05, 4.69) is 23.0 Å². The van der Waals surface area contributed by atoms with Crippen molar-refractivity contribution in [2.45, 2.75) is 94.1 Å². The van der Waals surface area contributed by atoms with Crippen LogP contribution in [0.3, 0.4) is 0 Å². The Morgan fingerprint density at radius 3 is 2.42 bits per heavy atom. The number of nitrogens with two attached hydrogens (primary N) is 1. The van der Waals surface area contributed by atoms with Gasteiger partial charge in [-0.2, -0.15) is 5.10 Å². The van der Waals surface area contributed by atoms with E-state index in [1.54, 1.807) is 6.07 Å². The summed E-state index contributed by atoms with van der Waals surface area (Å²) in [7, 11) is 2.10. The van der Waals surface area contributed by atoms with E-state index in [1.165, 1.54) is 24.2 Å². The molecule has 0 atom stereocenters. The molecule has 0 unspecified atom stereocenters. The number of fused-ring (bicyclic) bond motifs is 3. The van der Waals surface area contributed by atoms with Crippen molar-refractivity contribution in [2.24, 2.45) is 28.8 Å². The van der Waals surface area contributed by atoms with Gasteiger partial charge in [-0.15, -0.1) is 0 Å². The van der Waals surface area contributed by atoms with Crippen LogP contribution in [0.25, 0.3) is 0 Å². The van der Waals surface area contributed by atoms with Crippen molar-refractivity contribution in [3.05, 3.63) is 47.3 Å². The summed E-state index contributed by atoms with van der Waals surface area (Å²) in [5, 5.41) is 17.2. The third-order valence-corrected chi connectivity index (χ3v) is 10.8. The van der Waals surface area contributed by atoms with Crippen LogP contribution in [-0.4, -0.2) is 38.9 Å². The molecule has 3 N–H and O–H groups in total. The first-order valence-electron chi connectivity index (χ1n) is 14.3. The number of halogens is 1. The molecule has 1 aromatic carbocycles. The average Bonchev–Trinajstić information content (AvgIpc) is 3.67. The summed E-state index contributed by atoms with van der Waals surface area (Å²) < 4.78 is 16.4. The lowest BCUT2D eigenvalue weighted by atomic mass is 9.41. The summed E-state index contributed by atoms with van der Waals surface area (Å²) in [5.74, 6) is 0.755. The summed E-state index contributed by atoms with van der Waals surface area (Å²) in [6.45, 7) is 0.664. The zero-order valence-corrected chi connectivity index (χ0v) is 22.3. The van der Waals surface area contributed by atoms with Crippen LogP contribution in [-0.2, 0) is 17.3 Å². The third-order valence-electron chi connectivity index (χ3n) is 10.8. The molecule has 202 valence electrons. The van der Waals surface area contributed by atoms with E-state index in [9.17, 15) is 14.4 Å². The number of amidine groups is 1. The Hall–Kier alpha value is -2.90. The number of carbonyl (C=O) groups is 1. The molecule has 7 nitrogen and oxygen atoms in total. The fourth-order valence-corrected chi connectivity index (χ4v) is 8.46. The predicted octanol–water partition coefficient (Wildman–Crippen LogP) is 5.30. The van der Waals surface area contributed by atoms with Gasteiger partial charge in [-0.05, 0) is 99.7 Å². The van der Waals surface area contributed by atoms with Gasteiger partial charge >= 0.3 is 0 Å². The molecule has 0 radical (unpaired) electrons. The lowest BCUT2D eigenvalue weighted by Crippen LogP contribution is -2.65. The quantitative estimate of drug-likeness (QED) is 0.214. The normalized spacial score (nSPS) is 35.5. The van der Waals surface area contributed by atoms with Crippen LogP contribution < -0.4 is 10.6 Å². The molecule has 1 aromatic heterocycles. The van der Waals surface area contributed by atoms with Crippen LogP contribution in [0.15, 0.2) is 35.5 Å². The summed E-state index contributed by atoms with van der Waals surface area (Å²) in [4.78, 5) is 15.8. The van der Waals surface area contributed by atoms with Crippen molar-refractivity contribution in [3.8, 4) is 0 Å². The Bertz CT molecular complexity index is 1280. The molecule has 0 aliphatic heterocycles. The van der Waals surface area contributed by atoms with Crippen LogP contribution in [0.4, 0.5) is 10.1 Å². The van der Waals surface area contributed by atoms with Crippen LogP contribution in [0, 0.1) is 10.8 Å². The first kappa shape index (κ1) is 24.2. The fraction of sp³-hybridized carbons (Fsp3) is 0.633. The second kappa shape index (κ2) is 8.06. The number of nitrogens with zero attached hydrogens (tertiary/aromatic N) is 4. The van der Waals surface area contributed by atoms with Gasteiger partial charge in [0.25, 0.3) is 0 Å². The predicted molar refractivity (Wildman–Crippen MR) is 143 cm³/mol. The highest BCUT2D eigenvalue weighted by Gasteiger charge is 2.69. The second-order valence-corrected chi connectivity index (χ2v) is 13.5. The van der Waals surface area contributed by atoms with Crippen LogP contribution in [0.2, 0.25) is 0 Å². The number of carbonyl (C=O) groups excluding carboxylic acids is 1. The zero-order valence-electron chi connectivity index (χ0n) is 22.3. The molecule has 7 aliphatic rings. The molecule has 1 amide bonds. The molecular formula is C30H38FN5O2. The molecule has 8 heteroatoms. The van der Waals surface area contributed by atoms with E-state index in [-0.39, 0.29) is 28.0 Å². The van der Waals surface area contributed by atoms with Gasteiger partial charge in [0.15, 0.2) is 5.84 Å². The number of hydrogen-bond acceptors (Lipinski definition) is 4. The molecule has 2 aromatic rings. The highest BCUT2D eigenvalue weighted by Crippen LogP contribution is 2.71. The van der Waals surface area contributed by atoms with Crippen LogP contribution >= 0.6 is 0 Å². The number of hydrogen-bond donors (Lipinski definition) is 2. The Kier molecular flexibility index (Phi) is 5.12. The smallest absolute Gasteiger partial charge is 0.227 e. The lowest BCUT2D eigenvalue weighted by Gasteiger charge is -2.66. The van der Waals surface area contributed by atoms with E-state index in [0.29, 0.717) is 43.7 Å². The summed E-state index contributed by atoms with van der Waals surface area (Å²) >= 11 is 0. The molecule has 7 fully saturated rings. The maximum Gasteiger partial charge on any atom is 0.227 e. The van der Waals surface area contributed by atoms with Gasteiger partial charge < -0.3 is 15.8 Å². The van der Waals surface area contributed by atoms with Gasteiger partial charge in [-0.25, -0.2) is 4.39 Å². The van der Waals surface area contributed by atoms with Gasteiger partial charge in [-0.3, -0.25) is 9.48 Å². The largest absolute Gasteiger partial charge is 0.409 e. The Labute approximate surface area is 223 Å². The molecule has 7 saturated carbocycles. The molecule has 0 saturated heterocycles. The summed E-state index contributed by atoms with van der Waals surface area (Å²) in [6, 6.07) is 9.79.